The molecule has 0 bridgehead atoms. The average Bonchev–Trinajstić information content (AvgIpc) is 3.94. The fourth-order valence-corrected chi connectivity index (χ4v) is 9.08. The van der Waals surface area contributed by atoms with Crippen molar-refractivity contribution in [3.63, 3.8) is 0 Å². The summed E-state index contributed by atoms with van der Waals surface area (Å²) in [7, 11) is 0. The molecule has 0 spiro atoms. The lowest BCUT2D eigenvalue weighted by atomic mass is 9.93. The predicted octanol–water partition coefficient (Wildman–Crippen LogP) is 12.6. The Bertz CT molecular complexity index is 3340. The summed E-state index contributed by atoms with van der Waals surface area (Å²) in [6.07, 6.45) is 0.952. The SMILES string of the molecule is c1ccc(-c2nc(-c3cccc(-c4cccc5c4-c4ccccc4C5)c3)nc(-n3c4ccccc4c4ccc(-n5c6ccccc6c6ccccc65)cc43)n2)cc1. The van der Waals surface area contributed by atoms with E-state index in [4.69, 9.17) is 15.0 Å². The summed E-state index contributed by atoms with van der Waals surface area (Å²) >= 11 is 0. The predicted molar refractivity (Wildman–Crippen MR) is 233 cm³/mol. The molecule has 0 radical (unpaired) electrons. The Kier molecular flexibility index (Phi) is 6.92. The summed E-state index contributed by atoms with van der Waals surface area (Å²) in [4.78, 5) is 15.8. The quantitative estimate of drug-likeness (QED) is 0.177. The minimum atomic E-state index is 0.573. The van der Waals surface area contributed by atoms with Crippen LogP contribution in [0.15, 0.2) is 188 Å². The lowest BCUT2D eigenvalue weighted by Crippen LogP contribution is -2.06. The monoisotopic (exact) mass is 727 g/mol. The summed E-state index contributed by atoms with van der Waals surface area (Å²) in [6, 6.07) is 66.9. The summed E-state index contributed by atoms with van der Waals surface area (Å²) in [5.41, 5.74) is 15.1. The molecule has 57 heavy (non-hydrogen) atoms. The van der Waals surface area contributed by atoms with Crippen molar-refractivity contribution in [2.24, 2.45) is 0 Å². The molecule has 0 saturated carbocycles. The van der Waals surface area contributed by atoms with Crippen LogP contribution in [0.3, 0.4) is 0 Å². The second-order valence-electron chi connectivity index (χ2n) is 14.8. The van der Waals surface area contributed by atoms with Crippen LogP contribution in [0.5, 0.6) is 0 Å². The Labute approximate surface area is 328 Å². The molecule has 0 amide bonds. The van der Waals surface area contributed by atoms with Crippen LogP contribution in [-0.4, -0.2) is 24.1 Å². The van der Waals surface area contributed by atoms with Crippen molar-refractivity contribution in [2.75, 3.05) is 0 Å². The zero-order chi connectivity index (χ0) is 37.5. The third-order valence-electron chi connectivity index (χ3n) is 11.6. The van der Waals surface area contributed by atoms with Gasteiger partial charge in [0.15, 0.2) is 11.6 Å². The maximum Gasteiger partial charge on any atom is 0.238 e. The minimum Gasteiger partial charge on any atom is -0.309 e. The number of aromatic nitrogens is 5. The molecule has 1 aliphatic rings. The first kappa shape index (κ1) is 31.7. The normalized spacial score (nSPS) is 12.1. The molecule has 0 atom stereocenters. The summed E-state index contributed by atoms with van der Waals surface area (Å²) < 4.78 is 4.58. The standard InChI is InChI=1S/C52H33N5/c1-2-14-33(15-3-1)50-53-51(37-19-12-17-35(31-37)40-24-13-18-36-30-34-16-4-5-20-39(34)49(36)40)55-52(54-50)57-47-27-11-8-23-43(47)44-29-28-38(32-48(44)57)56-45-25-9-6-21-41(45)42-22-7-10-26-46(42)56/h1-29,31-32H,30H2. The van der Waals surface area contributed by atoms with E-state index in [1.54, 1.807) is 0 Å². The number of benzene rings is 8. The van der Waals surface area contributed by atoms with Crippen molar-refractivity contribution >= 4 is 43.6 Å². The van der Waals surface area contributed by atoms with E-state index in [2.05, 4.69) is 179 Å². The number of hydrogen-bond acceptors (Lipinski definition) is 3. The van der Waals surface area contributed by atoms with E-state index in [0.29, 0.717) is 17.6 Å². The molecule has 1 aliphatic carbocycles. The van der Waals surface area contributed by atoms with Gasteiger partial charge in [0, 0.05) is 38.4 Å². The Balaban J connectivity index is 1.09. The van der Waals surface area contributed by atoms with Gasteiger partial charge in [0.05, 0.1) is 22.1 Å². The Morgan fingerprint density at radius 2 is 0.895 bits per heavy atom. The molecule has 0 unspecified atom stereocenters. The number of para-hydroxylation sites is 3. The molecule has 8 aromatic carbocycles. The van der Waals surface area contributed by atoms with Crippen molar-refractivity contribution < 1.29 is 0 Å². The van der Waals surface area contributed by atoms with E-state index in [1.807, 2.05) is 18.2 Å². The van der Waals surface area contributed by atoms with E-state index >= 15 is 0 Å². The average molecular weight is 728 g/mol. The third-order valence-corrected chi connectivity index (χ3v) is 11.6. The third kappa shape index (κ3) is 4.92. The molecule has 0 N–H and O–H groups in total. The zero-order valence-electron chi connectivity index (χ0n) is 30.8. The van der Waals surface area contributed by atoms with Gasteiger partial charge in [-0.2, -0.15) is 9.97 Å². The smallest absolute Gasteiger partial charge is 0.238 e. The zero-order valence-corrected chi connectivity index (χ0v) is 30.8. The first-order chi connectivity index (χ1) is 28.3. The highest BCUT2D eigenvalue weighted by Crippen LogP contribution is 2.44. The topological polar surface area (TPSA) is 48.5 Å². The molecule has 266 valence electrons. The van der Waals surface area contributed by atoms with Crippen LogP contribution in [0.4, 0.5) is 0 Å². The van der Waals surface area contributed by atoms with Crippen LogP contribution in [0.1, 0.15) is 11.1 Å². The fourth-order valence-electron chi connectivity index (χ4n) is 9.08. The first-order valence-electron chi connectivity index (χ1n) is 19.4. The van der Waals surface area contributed by atoms with Crippen LogP contribution in [-0.2, 0) is 6.42 Å². The number of fused-ring (bicyclic) bond motifs is 9. The molecule has 5 heteroatoms. The van der Waals surface area contributed by atoms with Gasteiger partial charge in [0.25, 0.3) is 0 Å². The molecule has 0 saturated heterocycles. The van der Waals surface area contributed by atoms with E-state index in [0.717, 1.165) is 50.6 Å². The van der Waals surface area contributed by atoms with Crippen molar-refractivity contribution in [2.45, 2.75) is 6.42 Å². The Hall–Kier alpha value is -7.63. The Morgan fingerprint density at radius 3 is 1.65 bits per heavy atom. The molecule has 3 aromatic heterocycles. The number of hydrogen-bond donors (Lipinski definition) is 0. The van der Waals surface area contributed by atoms with E-state index < -0.39 is 0 Å². The van der Waals surface area contributed by atoms with Crippen molar-refractivity contribution in [1.29, 1.82) is 0 Å². The maximum absolute atomic E-state index is 5.34. The van der Waals surface area contributed by atoms with Crippen molar-refractivity contribution in [3.05, 3.63) is 199 Å². The lowest BCUT2D eigenvalue weighted by molar-refractivity contribution is 0.953. The van der Waals surface area contributed by atoms with Crippen LogP contribution in [0, 0.1) is 0 Å². The highest BCUT2D eigenvalue weighted by atomic mass is 15.2. The molecule has 11 aromatic rings. The lowest BCUT2D eigenvalue weighted by Gasteiger charge is -2.13. The molecular formula is C52H33N5. The van der Waals surface area contributed by atoms with Gasteiger partial charge < -0.3 is 4.57 Å². The Morgan fingerprint density at radius 1 is 0.351 bits per heavy atom. The van der Waals surface area contributed by atoms with Gasteiger partial charge in [-0.25, -0.2) is 4.98 Å². The first-order valence-corrected chi connectivity index (χ1v) is 19.4. The van der Waals surface area contributed by atoms with E-state index in [9.17, 15) is 0 Å². The molecule has 12 rings (SSSR count). The van der Waals surface area contributed by atoms with Gasteiger partial charge >= 0.3 is 0 Å². The van der Waals surface area contributed by atoms with Crippen LogP contribution < -0.4 is 0 Å². The van der Waals surface area contributed by atoms with Gasteiger partial charge in [-0.1, -0.05) is 152 Å². The van der Waals surface area contributed by atoms with Gasteiger partial charge in [-0.3, -0.25) is 4.57 Å². The fraction of sp³-hybridized carbons (Fsp3) is 0.0192. The molecule has 5 nitrogen and oxygen atoms in total. The van der Waals surface area contributed by atoms with Gasteiger partial charge in [0.2, 0.25) is 5.95 Å². The van der Waals surface area contributed by atoms with Gasteiger partial charge in [-0.05, 0) is 76.2 Å². The highest BCUT2D eigenvalue weighted by molar-refractivity contribution is 6.12. The van der Waals surface area contributed by atoms with Crippen LogP contribution in [0.2, 0.25) is 0 Å². The molecule has 3 heterocycles. The van der Waals surface area contributed by atoms with Crippen molar-refractivity contribution in [1.82, 2.24) is 24.1 Å². The number of nitrogens with zero attached hydrogens (tertiary/aromatic N) is 5. The summed E-state index contributed by atoms with van der Waals surface area (Å²) in [6.45, 7) is 0. The van der Waals surface area contributed by atoms with Crippen molar-refractivity contribution in [3.8, 4) is 56.7 Å². The molecule has 0 fully saturated rings. The second kappa shape index (κ2) is 12.4. The molecule has 0 aliphatic heterocycles. The van der Waals surface area contributed by atoms with Gasteiger partial charge in [-0.15, -0.1) is 0 Å². The minimum absolute atomic E-state index is 0.573. The van der Waals surface area contributed by atoms with E-state index in [-0.39, 0.29) is 0 Å². The summed E-state index contributed by atoms with van der Waals surface area (Å²) in [5.74, 6) is 1.82. The van der Waals surface area contributed by atoms with Crippen LogP contribution in [0.25, 0.3) is 100 Å². The molecular weight excluding hydrogens is 695 g/mol. The van der Waals surface area contributed by atoms with Gasteiger partial charge in [0.1, 0.15) is 0 Å². The van der Waals surface area contributed by atoms with E-state index in [1.165, 1.54) is 49.6 Å². The second-order valence-corrected chi connectivity index (χ2v) is 14.8. The van der Waals surface area contributed by atoms with Crippen LogP contribution >= 0.6 is 0 Å². The largest absolute Gasteiger partial charge is 0.309 e. The summed E-state index contributed by atoms with van der Waals surface area (Å²) in [5, 5.41) is 4.74. The maximum atomic E-state index is 5.34. The highest BCUT2D eigenvalue weighted by Gasteiger charge is 2.23. The number of rotatable bonds is 5.